The van der Waals surface area contributed by atoms with Crippen LogP contribution in [-0.4, -0.2) is 67.5 Å². The van der Waals surface area contributed by atoms with Gasteiger partial charge in [-0.3, -0.25) is 4.90 Å². The number of carbonyl (C=O) groups is 1. The quantitative estimate of drug-likeness (QED) is 0.249. The van der Waals surface area contributed by atoms with Crippen molar-refractivity contribution in [1.82, 2.24) is 34.7 Å². The summed E-state index contributed by atoms with van der Waals surface area (Å²) in [5.74, 6) is 1.87. The molecule has 11 nitrogen and oxygen atoms in total. The second kappa shape index (κ2) is 11.9. The summed E-state index contributed by atoms with van der Waals surface area (Å²) < 4.78 is 13.4. The highest BCUT2D eigenvalue weighted by atomic mass is 35.5. The first-order valence-electron chi connectivity index (χ1n) is 13.2. The number of nitrogens with zero attached hydrogens (tertiary/aromatic N) is 8. The molecular weight excluding hydrogens is 520 g/mol. The van der Waals surface area contributed by atoms with Crippen LogP contribution in [-0.2, 0) is 20.1 Å². The fourth-order valence-electron chi connectivity index (χ4n) is 4.87. The van der Waals surface area contributed by atoms with Gasteiger partial charge in [-0.25, -0.2) is 9.78 Å². The first kappa shape index (κ1) is 26.7. The molecule has 0 N–H and O–H groups in total. The molecule has 0 bridgehead atoms. The standard InChI is InChI=1S/C27H33ClN8O3/c1-4-5-6-14-39-23-15-20(8-9-22(23)38-3)36-13-7-12-34(27(36)37)16-19-10-11-29-26-25(19)21(28)17-35(26)18-24-30-32-33(2)31-24/h8-11,15,17H,4-7,12-14,16,18H2,1-3H3. The van der Waals surface area contributed by atoms with E-state index in [2.05, 4.69) is 27.3 Å². The predicted molar refractivity (Wildman–Crippen MR) is 148 cm³/mol. The molecule has 1 aromatic carbocycles. The Bertz CT molecular complexity index is 1450. The van der Waals surface area contributed by atoms with E-state index in [0.29, 0.717) is 60.8 Å². The third-order valence-electron chi connectivity index (χ3n) is 6.80. The molecule has 0 unspecified atom stereocenters. The number of anilines is 1. The number of unbranched alkanes of at least 4 members (excludes halogenated alkanes) is 2. The average Bonchev–Trinajstić information content (AvgIpc) is 3.50. The summed E-state index contributed by atoms with van der Waals surface area (Å²) in [6, 6.07) is 7.52. The zero-order chi connectivity index (χ0) is 27.4. The van der Waals surface area contributed by atoms with Gasteiger partial charge in [0, 0.05) is 49.2 Å². The van der Waals surface area contributed by atoms with Gasteiger partial charge in [-0.05, 0) is 41.8 Å². The number of benzene rings is 1. The largest absolute Gasteiger partial charge is 0.493 e. The number of rotatable bonds is 11. The molecule has 206 valence electrons. The Morgan fingerprint density at radius 2 is 1.97 bits per heavy atom. The lowest BCUT2D eigenvalue weighted by Crippen LogP contribution is -2.49. The van der Waals surface area contributed by atoms with E-state index in [4.69, 9.17) is 21.1 Å². The minimum atomic E-state index is -0.0624. The number of halogens is 1. The maximum absolute atomic E-state index is 13.7. The van der Waals surface area contributed by atoms with E-state index in [1.165, 1.54) is 4.80 Å². The van der Waals surface area contributed by atoms with Crippen LogP contribution in [0.5, 0.6) is 11.5 Å². The topological polar surface area (TPSA) is 103 Å². The van der Waals surface area contributed by atoms with Crippen LogP contribution in [0, 0.1) is 0 Å². The Balaban J connectivity index is 1.35. The van der Waals surface area contributed by atoms with Gasteiger partial charge in [0.05, 0.1) is 32.3 Å². The SMILES string of the molecule is CCCCCOc1cc(N2CCCN(Cc3ccnc4c3c(Cl)cn4Cc3nnn(C)n3)C2=O)ccc1OC. The van der Waals surface area contributed by atoms with E-state index in [1.807, 2.05) is 39.9 Å². The zero-order valence-electron chi connectivity index (χ0n) is 22.5. The zero-order valence-corrected chi connectivity index (χ0v) is 23.3. The van der Waals surface area contributed by atoms with E-state index >= 15 is 0 Å². The van der Waals surface area contributed by atoms with Crippen molar-refractivity contribution in [3.8, 4) is 11.5 Å². The van der Waals surface area contributed by atoms with Crippen molar-refractivity contribution < 1.29 is 14.3 Å². The van der Waals surface area contributed by atoms with Gasteiger partial charge in [0.15, 0.2) is 17.3 Å². The number of amides is 2. The van der Waals surface area contributed by atoms with Crippen molar-refractivity contribution in [2.75, 3.05) is 31.7 Å². The number of hydrogen-bond acceptors (Lipinski definition) is 7. The molecule has 0 aliphatic carbocycles. The third-order valence-corrected chi connectivity index (χ3v) is 7.08. The molecule has 1 aliphatic rings. The van der Waals surface area contributed by atoms with E-state index < -0.39 is 0 Å². The molecule has 1 saturated heterocycles. The molecule has 4 aromatic rings. The molecule has 5 rings (SSSR count). The summed E-state index contributed by atoms with van der Waals surface area (Å²) >= 11 is 6.68. The number of methoxy groups -OCH3 is 1. The van der Waals surface area contributed by atoms with Gasteiger partial charge in [0.25, 0.3) is 0 Å². The van der Waals surface area contributed by atoms with Crippen molar-refractivity contribution in [2.24, 2.45) is 7.05 Å². The molecular formula is C27H33ClN8O3. The summed E-state index contributed by atoms with van der Waals surface area (Å²) in [7, 11) is 3.35. The number of fused-ring (bicyclic) bond motifs is 1. The molecule has 0 spiro atoms. The second-order valence-electron chi connectivity index (χ2n) is 9.57. The van der Waals surface area contributed by atoms with Crippen LogP contribution in [0.2, 0.25) is 5.02 Å². The maximum Gasteiger partial charge on any atom is 0.324 e. The number of ether oxygens (including phenoxy) is 2. The maximum atomic E-state index is 13.7. The van der Waals surface area contributed by atoms with Gasteiger partial charge in [0.2, 0.25) is 0 Å². The smallest absolute Gasteiger partial charge is 0.324 e. The average molecular weight is 553 g/mol. The van der Waals surface area contributed by atoms with E-state index in [-0.39, 0.29) is 6.03 Å². The normalized spacial score (nSPS) is 13.9. The van der Waals surface area contributed by atoms with Crippen molar-refractivity contribution in [2.45, 2.75) is 45.7 Å². The number of carbonyl (C=O) groups excluding carboxylic acids is 1. The Morgan fingerprint density at radius 1 is 1.10 bits per heavy atom. The Kier molecular flexibility index (Phi) is 8.16. The number of urea groups is 1. The lowest BCUT2D eigenvalue weighted by molar-refractivity contribution is 0.192. The number of hydrogen-bond donors (Lipinski definition) is 0. The monoisotopic (exact) mass is 552 g/mol. The molecule has 1 fully saturated rings. The van der Waals surface area contributed by atoms with Gasteiger partial charge in [-0.2, -0.15) is 4.80 Å². The van der Waals surface area contributed by atoms with Gasteiger partial charge in [0.1, 0.15) is 5.65 Å². The van der Waals surface area contributed by atoms with Crippen LogP contribution >= 0.6 is 11.6 Å². The molecule has 39 heavy (non-hydrogen) atoms. The van der Waals surface area contributed by atoms with Gasteiger partial charge in [-0.15, -0.1) is 10.2 Å². The summed E-state index contributed by atoms with van der Waals surface area (Å²) in [4.78, 5) is 23.3. The molecule has 0 saturated carbocycles. The third kappa shape index (κ3) is 5.78. The minimum Gasteiger partial charge on any atom is -0.493 e. The predicted octanol–water partition coefficient (Wildman–Crippen LogP) is 4.67. The van der Waals surface area contributed by atoms with Crippen LogP contribution < -0.4 is 14.4 Å². The first-order valence-corrected chi connectivity index (χ1v) is 13.6. The summed E-state index contributed by atoms with van der Waals surface area (Å²) in [5, 5.41) is 13.6. The number of pyridine rings is 1. The van der Waals surface area contributed by atoms with E-state index in [9.17, 15) is 4.79 Å². The molecule has 12 heteroatoms. The Morgan fingerprint density at radius 3 is 2.74 bits per heavy atom. The highest BCUT2D eigenvalue weighted by Gasteiger charge is 2.28. The molecule has 3 aromatic heterocycles. The molecule has 0 radical (unpaired) electrons. The fraction of sp³-hybridized carbons (Fsp3) is 0.444. The minimum absolute atomic E-state index is 0.0624. The van der Waals surface area contributed by atoms with Crippen LogP contribution in [0.4, 0.5) is 10.5 Å². The van der Waals surface area contributed by atoms with E-state index in [1.54, 1.807) is 25.3 Å². The fourth-order valence-corrected chi connectivity index (χ4v) is 5.20. The van der Waals surface area contributed by atoms with E-state index in [0.717, 1.165) is 42.3 Å². The van der Waals surface area contributed by atoms with Gasteiger partial charge < -0.3 is 18.9 Å². The first-order chi connectivity index (χ1) is 19.0. The second-order valence-corrected chi connectivity index (χ2v) is 9.98. The summed E-state index contributed by atoms with van der Waals surface area (Å²) in [6.45, 7) is 4.86. The van der Waals surface area contributed by atoms with Crippen molar-refractivity contribution in [3.05, 3.63) is 53.1 Å². The van der Waals surface area contributed by atoms with Crippen LogP contribution in [0.3, 0.4) is 0 Å². The van der Waals surface area contributed by atoms with Crippen LogP contribution in [0.15, 0.2) is 36.7 Å². The van der Waals surface area contributed by atoms with Crippen LogP contribution in [0.1, 0.15) is 44.0 Å². The Labute approximate surface area is 232 Å². The molecule has 0 atom stereocenters. The van der Waals surface area contributed by atoms with Gasteiger partial charge in [-0.1, -0.05) is 31.4 Å². The van der Waals surface area contributed by atoms with Crippen LogP contribution in [0.25, 0.3) is 11.0 Å². The van der Waals surface area contributed by atoms with Crippen molar-refractivity contribution in [3.63, 3.8) is 0 Å². The number of tetrazole rings is 1. The Hall–Kier alpha value is -3.86. The number of aryl methyl sites for hydroxylation is 1. The highest BCUT2D eigenvalue weighted by Crippen LogP contribution is 2.34. The summed E-state index contributed by atoms with van der Waals surface area (Å²) in [5.41, 5.74) is 2.43. The van der Waals surface area contributed by atoms with Gasteiger partial charge >= 0.3 is 6.03 Å². The number of aromatic nitrogens is 6. The summed E-state index contributed by atoms with van der Waals surface area (Å²) in [6.07, 6.45) is 7.60. The molecule has 2 amide bonds. The lowest BCUT2D eigenvalue weighted by Gasteiger charge is -2.36. The molecule has 4 heterocycles. The highest BCUT2D eigenvalue weighted by molar-refractivity contribution is 6.35. The lowest BCUT2D eigenvalue weighted by atomic mass is 10.1. The van der Waals surface area contributed by atoms with Crippen molar-refractivity contribution >= 4 is 34.4 Å². The molecule has 1 aliphatic heterocycles. The van der Waals surface area contributed by atoms with Crippen molar-refractivity contribution in [1.29, 1.82) is 0 Å².